The fourth-order valence-corrected chi connectivity index (χ4v) is 0.173. The highest BCUT2D eigenvalue weighted by atomic mass is 16.6. The molecule has 1 rings (SSSR count). The molecular formula is N6O2. The molecule has 0 saturated heterocycles. The number of rotatable bonds is 0. The lowest BCUT2D eigenvalue weighted by molar-refractivity contribution is -0.837. The first kappa shape index (κ1) is 4.56. The van der Waals surface area contributed by atoms with Gasteiger partial charge < -0.3 is 10.4 Å². The summed E-state index contributed by atoms with van der Waals surface area (Å²) in [5, 5.41) is 30.3. The van der Waals surface area contributed by atoms with Gasteiger partial charge >= 0.3 is 0 Å². The summed E-state index contributed by atoms with van der Waals surface area (Å²) in [5.74, 6) is 0. The van der Waals surface area contributed by atoms with Crippen LogP contribution in [-0.2, 0) is 0 Å². The quantitative estimate of drug-likeness (QED) is 0.257. The maximum absolute atomic E-state index is 9.84. The topological polar surface area (TPSA) is 105 Å². The second-order valence-corrected chi connectivity index (χ2v) is 0.863. The van der Waals surface area contributed by atoms with Crippen molar-refractivity contribution in [3.05, 3.63) is 10.4 Å². The van der Waals surface area contributed by atoms with Crippen LogP contribution >= 0.6 is 0 Å². The number of hydrogen-bond acceptors (Lipinski definition) is 6. The zero-order valence-electron chi connectivity index (χ0n) is 3.50. The summed E-state index contributed by atoms with van der Waals surface area (Å²) >= 11 is 0. The third-order valence-corrected chi connectivity index (χ3v) is 0.386. The van der Waals surface area contributed by atoms with Crippen LogP contribution in [-0.4, -0.2) is 20.9 Å². The summed E-state index contributed by atoms with van der Waals surface area (Å²) in [7, 11) is 0. The van der Waals surface area contributed by atoms with Gasteiger partial charge in [-0.05, 0) is 0 Å². The predicted molar refractivity (Wildman–Crippen MR) is 15.5 cm³/mol. The molecule has 0 aliphatic rings. The molecule has 0 aliphatic heterocycles. The van der Waals surface area contributed by atoms with Crippen LogP contribution in [0.15, 0.2) is 0 Å². The summed E-state index contributed by atoms with van der Waals surface area (Å²) in [5.41, 5.74) is 0. The third-order valence-electron chi connectivity index (χ3n) is 0.386. The van der Waals surface area contributed by atoms with Crippen LogP contribution in [0.5, 0.6) is 0 Å². The normalized spacial score (nSPS) is 9.00. The van der Waals surface area contributed by atoms with Gasteiger partial charge in [-0.3, -0.25) is 0 Å². The molecule has 8 heavy (non-hydrogen) atoms. The van der Waals surface area contributed by atoms with E-state index in [1.54, 1.807) is 0 Å². The fraction of sp³-hybridized carbons (Fsp3) is 0. The summed E-state index contributed by atoms with van der Waals surface area (Å²) in [6, 6.07) is 0. The lowest BCUT2D eigenvalue weighted by atomic mass is 12.3. The molecule has 0 amide bonds. The molecule has 0 radical (unpaired) electrons. The zero-order valence-corrected chi connectivity index (χ0v) is 3.50. The van der Waals surface area contributed by atoms with Gasteiger partial charge in [0.25, 0.3) is 20.9 Å². The van der Waals surface area contributed by atoms with Gasteiger partial charge in [-0.25, -0.2) is 0 Å². The first-order valence-corrected chi connectivity index (χ1v) is 1.57. The molecule has 0 N–H and O–H groups in total. The number of hydrogen-bond donors (Lipinski definition) is 0. The number of nitrogens with zero attached hydrogens (tertiary/aromatic N) is 6. The minimum Gasteiger partial charge on any atom is -0.678 e. The molecule has 0 unspecified atom stereocenters. The Labute approximate surface area is 42.5 Å². The Bertz CT molecular complexity index is 145. The van der Waals surface area contributed by atoms with E-state index in [1.165, 1.54) is 0 Å². The van der Waals surface area contributed by atoms with Gasteiger partial charge in [-0.2, -0.15) is 0 Å². The average Bonchev–Trinajstić information content (AvgIpc) is 1.77. The highest BCUT2D eigenvalue weighted by Crippen LogP contribution is 1.31. The van der Waals surface area contributed by atoms with Gasteiger partial charge in [0, 0.05) is 0 Å². The third kappa shape index (κ3) is 0.721. The van der Waals surface area contributed by atoms with E-state index >= 15 is 0 Å². The lowest BCUT2D eigenvalue weighted by Crippen LogP contribution is -2.50. The van der Waals surface area contributed by atoms with E-state index in [1.807, 2.05) is 0 Å². The van der Waals surface area contributed by atoms with Gasteiger partial charge in [-0.15, -0.1) is 0 Å². The van der Waals surface area contributed by atoms with Crippen LogP contribution in [0.4, 0.5) is 0 Å². The monoisotopic (exact) mass is 116 g/mol. The first-order valence-electron chi connectivity index (χ1n) is 1.57. The molecule has 8 heteroatoms. The van der Waals surface area contributed by atoms with Gasteiger partial charge in [0.1, 0.15) is 9.92 Å². The van der Waals surface area contributed by atoms with Crippen molar-refractivity contribution in [1.82, 2.24) is 20.9 Å². The molecule has 0 spiro atoms. The van der Waals surface area contributed by atoms with Gasteiger partial charge in [0.2, 0.25) is 0 Å². The van der Waals surface area contributed by atoms with Crippen molar-refractivity contribution >= 4 is 0 Å². The molecule has 1 heterocycles. The molecule has 1 aromatic heterocycles. The van der Waals surface area contributed by atoms with E-state index in [-0.39, 0.29) is 9.92 Å². The summed E-state index contributed by atoms with van der Waals surface area (Å²) in [6.45, 7) is 0. The molecule has 1 aromatic rings. The maximum Gasteiger partial charge on any atom is 0.287 e. The van der Waals surface area contributed by atoms with E-state index in [0.717, 1.165) is 0 Å². The van der Waals surface area contributed by atoms with Gasteiger partial charge in [-0.1, -0.05) is 0 Å². The van der Waals surface area contributed by atoms with Crippen LogP contribution in [0.25, 0.3) is 0 Å². The molecule has 8 nitrogen and oxygen atoms in total. The second kappa shape index (κ2) is 1.48. The smallest absolute Gasteiger partial charge is 0.287 e. The summed E-state index contributed by atoms with van der Waals surface area (Å²) in [6.07, 6.45) is 0. The minimum absolute atomic E-state index is 0.172. The Morgan fingerprint density at radius 1 is 0.750 bits per heavy atom. The van der Waals surface area contributed by atoms with Crippen molar-refractivity contribution in [3.8, 4) is 0 Å². The Hall–Kier alpha value is -1.60. The average molecular weight is 116 g/mol. The lowest BCUT2D eigenvalue weighted by Gasteiger charge is -1.81. The van der Waals surface area contributed by atoms with E-state index < -0.39 is 0 Å². The molecule has 0 saturated carbocycles. The van der Waals surface area contributed by atoms with Crippen molar-refractivity contribution in [2.45, 2.75) is 0 Å². The van der Waals surface area contributed by atoms with Crippen molar-refractivity contribution in [1.29, 1.82) is 0 Å². The second-order valence-electron chi connectivity index (χ2n) is 0.863. The van der Waals surface area contributed by atoms with Gasteiger partial charge in [0.15, 0.2) is 0 Å². The molecule has 0 atom stereocenters. The van der Waals surface area contributed by atoms with Crippen molar-refractivity contribution in [2.75, 3.05) is 0 Å². The van der Waals surface area contributed by atoms with Crippen molar-refractivity contribution in [3.63, 3.8) is 0 Å². The molecule has 0 bridgehead atoms. The molecule has 42 valence electrons. The standard InChI is InChI=1S/N6O2/c7-5-1-2-6(8)4-3-5. The zero-order chi connectivity index (χ0) is 5.98. The van der Waals surface area contributed by atoms with Crippen LogP contribution in [0.3, 0.4) is 0 Å². The Balaban J connectivity index is 3.03. The molecule has 0 aromatic carbocycles. The van der Waals surface area contributed by atoms with Crippen LogP contribution < -0.4 is 9.92 Å². The summed E-state index contributed by atoms with van der Waals surface area (Å²) < 4.78 is 0. The van der Waals surface area contributed by atoms with E-state index in [0.29, 0.717) is 0 Å². The highest BCUT2D eigenvalue weighted by molar-refractivity contribution is 3.83. The Morgan fingerprint density at radius 2 is 1.00 bits per heavy atom. The van der Waals surface area contributed by atoms with Crippen LogP contribution in [0, 0.1) is 10.4 Å². The molecule has 0 aliphatic carbocycles. The summed E-state index contributed by atoms with van der Waals surface area (Å²) in [4.78, 5) is -0.344. The Kier molecular flexibility index (Phi) is 0.844. The van der Waals surface area contributed by atoms with Crippen LogP contribution in [0.1, 0.15) is 0 Å². The molecule has 0 fully saturated rings. The van der Waals surface area contributed by atoms with E-state index in [4.69, 9.17) is 0 Å². The van der Waals surface area contributed by atoms with E-state index in [9.17, 15) is 10.4 Å². The molecular weight excluding hydrogens is 116 g/mol. The fourth-order valence-electron chi connectivity index (χ4n) is 0.173. The maximum atomic E-state index is 9.84. The predicted octanol–water partition coefficient (Wildman–Crippen LogP) is -3.47. The largest absolute Gasteiger partial charge is 0.678 e. The highest BCUT2D eigenvalue weighted by Gasteiger charge is 1.99. The van der Waals surface area contributed by atoms with E-state index in [2.05, 4.69) is 20.9 Å². The van der Waals surface area contributed by atoms with Crippen molar-refractivity contribution in [2.24, 2.45) is 0 Å². The minimum atomic E-state index is -0.172. The van der Waals surface area contributed by atoms with Crippen LogP contribution in [0.2, 0.25) is 0 Å². The first-order chi connectivity index (χ1) is 3.79. The number of aromatic nitrogens is 6. The van der Waals surface area contributed by atoms with Gasteiger partial charge in [0.05, 0.1) is 0 Å². The SMILES string of the molecule is [O-][n+]1nn[n+]([O-])nn1. The Morgan fingerprint density at radius 3 is 1.25 bits per heavy atom. The van der Waals surface area contributed by atoms with Crippen molar-refractivity contribution < 1.29 is 9.92 Å².